The topological polar surface area (TPSA) is 24.5 Å². The summed E-state index contributed by atoms with van der Waals surface area (Å²) < 4.78 is 6.50. The van der Waals surface area contributed by atoms with Gasteiger partial charge in [-0.3, -0.25) is 4.90 Å². The second-order valence-corrected chi connectivity index (χ2v) is 5.97. The van der Waals surface area contributed by atoms with Gasteiger partial charge in [0.1, 0.15) is 0 Å². The predicted molar refractivity (Wildman–Crippen MR) is 82.5 cm³/mol. The molecule has 1 aliphatic rings. The predicted octanol–water partition coefficient (Wildman–Crippen LogP) is 2.57. The molecule has 0 unspecified atom stereocenters. The normalized spacial score (nSPS) is 16.7. The standard InChI is InChI=1S/C15H23BrN2O/c1-13-11-15(16)4-3-14(13)12-17-5-2-6-18-7-9-19-10-8-18/h3-4,11,17H,2,5-10,12H2,1H3. The molecule has 1 N–H and O–H groups in total. The van der Waals surface area contributed by atoms with Crippen LogP contribution in [-0.4, -0.2) is 44.3 Å². The summed E-state index contributed by atoms with van der Waals surface area (Å²) >= 11 is 3.50. The van der Waals surface area contributed by atoms with Gasteiger partial charge in [-0.1, -0.05) is 22.0 Å². The molecule has 1 aromatic rings. The number of hydrogen-bond acceptors (Lipinski definition) is 3. The van der Waals surface area contributed by atoms with E-state index in [2.05, 4.69) is 51.3 Å². The van der Waals surface area contributed by atoms with E-state index >= 15 is 0 Å². The zero-order chi connectivity index (χ0) is 13.5. The fourth-order valence-electron chi connectivity index (χ4n) is 2.33. The van der Waals surface area contributed by atoms with E-state index in [1.54, 1.807) is 0 Å². The van der Waals surface area contributed by atoms with E-state index in [0.717, 1.165) is 43.9 Å². The Kier molecular flexibility index (Phi) is 6.31. The summed E-state index contributed by atoms with van der Waals surface area (Å²) in [6, 6.07) is 6.47. The molecule has 0 bridgehead atoms. The molecule has 3 nitrogen and oxygen atoms in total. The number of morpholine rings is 1. The molecule has 0 radical (unpaired) electrons. The largest absolute Gasteiger partial charge is 0.379 e. The molecule has 0 saturated carbocycles. The summed E-state index contributed by atoms with van der Waals surface area (Å²) in [6.07, 6.45) is 1.20. The molecule has 1 heterocycles. The van der Waals surface area contributed by atoms with Crippen molar-refractivity contribution in [1.82, 2.24) is 10.2 Å². The zero-order valence-electron chi connectivity index (χ0n) is 11.6. The van der Waals surface area contributed by atoms with Crippen LogP contribution in [0.3, 0.4) is 0 Å². The lowest BCUT2D eigenvalue weighted by Crippen LogP contribution is -2.37. The Morgan fingerprint density at radius 2 is 2.11 bits per heavy atom. The second kappa shape index (κ2) is 8.00. The number of halogens is 1. The molecule has 0 spiro atoms. The van der Waals surface area contributed by atoms with E-state index in [-0.39, 0.29) is 0 Å². The fourth-order valence-corrected chi connectivity index (χ4v) is 2.81. The monoisotopic (exact) mass is 326 g/mol. The Labute approximate surface area is 124 Å². The van der Waals surface area contributed by atoms with Crippen LogP contribution in [-0.2, 0) is 11.3 Å². The second-order valence-electron chi connectivity index (χ2n) is 5.06. The number of ether oxygens (including phenoxy) is 1. The van der Waals surface area contributed by atoms with Gasteiger partial charge in [0.05, 0.1) is 13.2 Å². The quantitative estimate of drug-likeness (QED) is 0.813. The SMILES string of the molecule is Cc1cc(Br)ccc1CNCCCN1CCOCC1. The maximum absolute atomic E-state index is 5.35. The summed E-state index contributed by atoms with van der Waals surface area (Å²) in [5, 5.41) is 3.53. The van der Waals surface area contributed by atoms with E-state index in [4.69, 9.17) is 4.74 Å². The Bertz CT molecular complexity index is 392. The lowest BCUT2D eigenvalue weighted by Gasteiger charge is -2.26. The van der Waals surface area contributed by atoms with Crippen molar-refractivity contribution >= 4 is 15.9 Å². The van der Waals surface area contributed by atoms with Crippen LogP contribution < -0.4 is 5.32 Å². The van der Waals surface area contributed by atoms with Gasteiger partial charge < -0.3 is 10.1 Å². The lowest BCUT2D eigenvalue weighted by atomic mass is 10.1. The van der Waals surface area contributed by atoms with Crippen molar-refractivity contribution < 1.29 is 4.74 Å². The van der Waals surface area contributed by atoms with Crippen molar-refractivity contribution in [3.63, 3.8) is 0 Å². The van der Waals surface area contributed by atoms with Gasteiger partial charge in [-0.2, -0.15) is 0 Å². The molecule has 2 rings (SSSR count). The maximum Gasteiger partial charge on any atom is 0.0594 e. The molecule has 19 heavy (non-hydrogen) atoms. The molecule has 1 aliphatic heterocycles. The van der Waals surface area contributed by atoms with E-state index < -0.39 is 0 Å². The minimum absolute atomic E-state index is 0.894. The molecule has 0 amide bonds. The highest BCUT2D eigenvalue weighted by atomic mass is 79.9. The van der Waals surface area contributed by atoms with Crippen molar-refractivity contribution in [1.29, 1.82) is 0 Å². The smallest absolute Gasteiger partial charge is 0.0594 e. The third kappa shape index (κ3) is 5.22. The highest BCUT2D eigenvalue weighted by Gasteiger charge is 2.08. The molecular weight excluding hydrogens is 304 g/mol. The summed E-state index contributed by atoms with van der Waals surface area (Å²) in [5.74, 6) is 0. The van der Waals surface area contributed by atoms with Crippen molar-refractivity contribution in [2.24, 2.45) is 0 Å². The van der Waals surface area contributed by atoms with Gasteiger partial charge in [0.2, 0.25) is 0 Å². The number of nitrogens with zero attached hydrogens (tertiary/aromatic N) is 1. The highest BCUT2D eigenvalue weighted by molar-refractivity contribution is 9.10. The van der Waals surface area contributed by atoms with Gasteiger partial charge in [-0.25, -0.2) is 0 Å². The van der Waals surface area contributed by atoms with Crippen LogP contribution in [0.1, 0.15) is 17.5 Å². The fraction of sp³-hybridized carbons (Fsp3) is 0.600. The summed E-state index contributed by atoms with van der Waals surface area (Å²) in [4.78, 5) is 2.48. The molecule has 1 fully saturated rings. The maximum atomic E-state index is 5.35. The lowest BCUT2D eigenvalue weighted by molar-refractivity contribution is 0.0374. The Morgan fingerprint density at radius 3 is 2.84 bits per heavy atom. The van der Waals surface area contributed by atoms with Gasteiger partial charge in [0.25, 0.3) is 0 Å². The zero-order valence-corrected chi connectivity index (χ0v) is 13.2. The van der Waals surface area contributed by atoms with Crippen molar-refractivity contribution in [2.75, 3.05) is 39.4 Å². The van der Waals surface area contributed by atoms with E-state index in [1.165, 1.54) is 24.1 Å². The van der Waals surface area contributed by atoms with Crippen LogP contribution in [0.15, 0.2) is 22.7 Å². The molecular formula is C15H23BrN2O. The summed E-state index contributed by atoms with van der Waals surface area (Å²) in [5.41, 5.74) is 2.73. The molecule has 0 atom stereocenters. The van der Waals surface area contributed by atoms with Gasteiger partial charge >= 0.3 is 0 Å². The Morgan fingerprint density at radius 1 is 1.32 bits per heavy atom. The first-order valence-electron chi connectivity index (χ1n) is 7.01. The van der Waals surface area contributed by atoms with Crippen molar-refractivity contribution in [3.05, 3.63) is 33.8 Å². The molecule has 0 aliphatic carbocycles. The molecule has 1 aromatic carbocycles. The van der Waals surface area contributed by atoms with Gasteiger partial charge in [-0.05, 0) is 49.7 Å². The first-order valence-corrected chi connectivity index (χ1v) is 7.81. The third-order valence-electron chi connectivity index (χ3n) is 3.55. The average Bonchev–Trinajstić information content (AvgIpc) is 2.42. The van der Waals surface area contributed by atoms with Gasteiger partial charge in [0, 0.05) is 24.1 Å². The van der Waals surface area contributed by atoms with Crippen LogP contribution in [0.2, 0.25) is 0 Å². The van der Waals surface area contributed by atoms with E-state index in [9.17, 15) is 0 Å². The number of nitrogens with one attached hydrogen (secondary N) is 1. The molecule has 106 valence electrons. The van der Waals surface area contributed by atoms with Crippen LogP contribution >= 0.6 is 15.9 Å². The van der Waals surface area contributed by atoms with Crippen molar-refractivity contribution in [3.8, 4) is 0 Å². The van der Waals surface area contributed by atoms with E-state index in [1.807, 2.05) is 0 Å². The highest BCUT2D eigenvalue weighted by Crippen LogP contribution is 2.15. The summed E-state index contributed by atoms with van der Waals surface area (Å²) in [7, 11) is 0. The molecule has 4 heteroatoms. The number of hydrogen-bond donors (Lipinski definition) is 1. The third-order valence-corrected chi connectivity index (χ3v) is 4.04. The summed E-state index contributed by atoms with van der Waals surface area (Å²) in [6.45, 7) is 9.34. The number of rotatable bonds is 6. The van der Waals surface area contributed by atoms with Gasteiger partial charge in [-0.15, -0.1) is 0 Å². The van der Waals surface area contributed by atoms with E-state index in [0.29, 0.717) is 0 Å². The Hall–Kier alpha value is -0.420. The molecule has 0 aromatic heterocycles. The van der Waals surface area contributed by atoms with Crippen LogP contribution in [0, 0.1) is 6.92 Å². The molecule has 1 saturated heterocycles. The number of aryl methyl sites for hydroxylation is 1. The first kappa shape index (κ1) is 15.0. The van der Waals surface area contributed by atoms with Crippen LogP contribution in [0.5, 0.6) is 0 Å². The minimum Gasteiger partial charge on any atom is -0.379 e. The Balaban J connectivity index is 1.61. The van der Waals surface area contributed by atoms with Crippen molar-refractivity contribution in [2.45, 2.75) is 19.9 Å². The number of benzene rings is 1. The first-order chi connectivity index (χ1) is 9.25. The minimum atomic E-state index is 0.894. The average molecular weight is 327 g/mol. The van der Waals surface area contributed by atoms with Crippen LogP contribution in [0.25, 0.3) is 0 Å². The van der Waals surface area contributed by atoms with Gasteiger partial charge in [0.15, 0.2) is 0 Å². The van der Waals surface area contributed by atoms with Crippen LogP contribution in [0.4, 0.5) is 0 Å².